The van der Waals surface area contributed by atoms with E-state index < -0.39 is 120 Å². The minimum absolute atomic E-state index is 0.0276. The molecular formula is C59H92N8O11. The Bertz CT molecular complexity index is 2330. The van der Waals surface area contributed by atoms with E-state index in [4.69, 9.17) is 10.5 Å². The van der Waals surface area contributed by atoms with E-state index in [1.165, 1.54) is 74.8 Å². The van der Waals surface area contributed by atoms with E-state index >= 15 is 19.2 Å². The SMILES string of the molecule is COC(CC=CC=C(C)C(=O)N1C(=O)C(C)N(C)C(=O)C(CC(N)=O)N(C)C(=O)C2CCCN2C(=O)C(C(C)C)N(C)C(=O)C(C(C)C)N(C)C(=O)C(Cc2ccccc2)N(C)C(=O)C1C(C)C)CCC=CCCCC(C)O. The van der Waals surface area contributed by atoms with Gasteiger partial charge < -0.3 is 45.0 Å². The van der Waals surface area contributed by atoms with E-state index in [0.717, 1.165) is 46.8 Å². The number of allylic oxidation sites excluding steroid dienone is 4. The van der Waals surface area contributed by atoms with Gasteiger partial charge in [-0.3, -0.25) is 48.1 Å². The Morgan fingerprint density at radius 1 is 0.679 bits per heavy atom. The largest absolute Gasteiger partial charge is 0.393 e. The number of unbranched alkanes of at least 4 members (excludes halogenated alkanes) is 1. The van der Waals surface area contributed by atoms with Crippen molar-refractivity contribution < 1.29 is 53.0 Å². The second-order valence-corrected chi connectivity index (χ2v) is 22.3. The lowest BCUT2D eigenvalue weighted by Gasteiger charge is -2.42. The molecule has 0 saturated carbocycles. The first-order valence-electron chi connectivity index (χ1n) is 27.6. The molecule has 0 aromatic heterocycles. The van der Waals surface area contributed by atoms with Gasteiger partial charge in [0.05, 0.1) is 18.6 Å². The number of rotatable bonds is 19. The fourth-order valence-electron chi connectivity index (χ4n) is 10.5. The van der Waals surface area contributed by atoms with Crippen molar-refractivity contribution in [3.05, 3.63) is 71.8 Å². The summed E-state index contributed by atoms with van der Waals surface area (Å²) in [5.41, 5.74) is 6.46. The van der Waals surface area contributed by atoms with Crippen LogP contribution < -0.4 is 5.73 Å². The Kier molecular flexibility index (Phi) is 26.1. The van der Waals surface area contributed by atoms with Gasteiger partial charge in [0, 0.05) is 60.9 Å². The molecule has 19 nitrogen and oxygen atoms in total. The number of hydrogen-bond donors (Lipinski definition) is 2. The van der Waals surface area contributed by atoms with Crippen LogP contribution in [0.15, 0.2) is 66.3 Å². The highest BCUT2D eigenvalue weighted by molar-refractivity contribution is 6.10. The zero-order valence-electron chi connectivity index (χ0n) is 49.2. The number of imide groups is 1. The van der Waals surface area contributed by atoms with Gasteiger partial charge in [-0.25, -0.2) is 0 Å². The van der Waals surface area contributed by atoms with E-state index in [-0.39, 0.29) is 37.2 Å². The van der Waals surface area contributed by atoms with Crippen LogP contribution >= 0.6 is 0 Å². The predicted octanol–water partition coefficient (Wildman–Crippen LogP) is 4.75. The smallest absolute Gasteiger partial charge is 0.256 e. The maximum Gasteiger partial charge on any atom is 0.256 e. The number of fused-ring (bicyclic) bond motifs is 1. The van der Waals surface area contributed by atoms with Crippen LogP contribution in [0.3, 0.4) is 0 Å². The third kappa shape index (κ3) is 17.1. The number of aliphatic hydroxyl groups is 1. The molecule has 2 aliphatic heterocycles. The zero-order valence-corrected chi connectivity index (χ0v) is 49.2. The van der Waals surface area contributed by atoms with Crippen molar-refractivity contribution in [2.24, 2.45) is 23.5 Å². The third-order valence-corrected chi connectivity index (χ3v) is 15.3. The summed E-state index contributed by atoms with van der Waals surface area (Å²) in [5, 5.41) is 9.53. The number of nitrogens with two attached hydrogens (primary N) is 1. The van der Waals surface area contributed by atoms with Crippen LogP contribution in [0.1, 0.15) is 126 Å². The van der Waals surface area contributed by atoms with Crippen LogP contribution in [0, 0.1) is 17.8 Å². The van der Waals surface area contributed by atoms with Gasteiger partial charge >= 0.3 is 0 Å². The van der Waals surface area contributed by atoms with Crippen LogP contribution in [0.2, 0.25) is 0 Å². The molecule has 2 saturated heterocycles. The number of carbonyl (C=O) groups is 9. The van der Waals surface area contributed by atoms with E-state index in [2.05, 4.69) is 12.2 Å². The summed E-state index contributed by atoms with van der Waals surface area (Å²) in [6.07, 6.45) is 13.2. The normalized spacial score (nSPS) is 24.4. The van der Waals surface area contributed by atoms with Gasteiger partial charge in [0.25, 0.3) is 11.8 Å². The van der Waals surface area contributed by atoms with Crippen LogP contribution in [-0.4, -0.2) is 196 Å². The van der Waals surface area contributed by atoms with Gasteiger partial charge in [0.2, 0.25) is 41.4 Å². The second kappa shape index (κ2) is 30.8. The Morgan fingerprint density at radius 2 is 1.22 bits per heavy atom. The lowest BCUT2D eigenvalue weighted by atomic mass is 9.94. The monoisotopic (exact) mass is 1090 g/mol. The van der Waals surface area contributed by atoms with Gasteiger partial charge in [0.1, 0.15) is 42.3 Å². The maximum absolute atomic E-state index is 15.5. The number of carbonyl (C=O) groups excluding carboxylic acids is 9. The average molecular weight is 1090 g/mol. The molecule has 1 aromatic rings. The Morgan fingerprint density at radius 3 is 1.78 bits per heavy atom. The molecule has 0 aliphatic carbocycles. The molecule has 3 rings (SSSR count). The van der Waals surface area contributed by atoms with Crippen LogP contribution in [0.25, 0.3) is 0 Å². The number of benzene rings is 1. The van der Waals surface area contributed by atoms with Gasteiger partial charge in [0.15, 0.2) is 0 Å². The highest BCUT2D eigenvalue weighted by atomic mass is 16.5. The number of amides is 9. The maximum atomic E-state index is 15.5. The van der Waals surface area contributed by atoms with E-state index in [9.17, 15) is 29.1 Å². The molecule has 2 aliphatic rings. The van der Waals surface area contributed by atoms with Crippen molar-refractivity contribution in [1.29, 1.82) is 0 Å². The molecule has 9 atom stereocenters. The Balaban J connectivity index is 2.31. The van der Waals surface area contributed by atoms with Gasteiger partial charge in [-0.1, -0.05) is 102 Å². The number of likely N-dealkylation sites (N-methyl/N-ethyl adjacent to an activating group) is 5. The summed E-state index contributed by atoms with van der Waals surface area (Å²) in [5.74, 6) is -8.53. The first-order valence-corrected chi connectivity index (χ1v) is 27.6. The molecular weight excluding hydrogens is 997 g/mol. The highest BCUT2D eigenvalue weighted by Crippen LogP contribution is 2.29. The molecule has 2 fully saturated rings. The summed E-state index contributed by atoms with van der Waals surface area (Å²) < 4.78 is 5.72. The zero-order chi connectivity index (χ0) is 58.9. The van der Waals surface area contributed by atoms with E-state index in [0.29, 0.717) is 18.4 Å². The standard InChI is InChI=1S/C59H92N8O11/c1-37(2)49-57(75)65(14)50(38(3)4)59(77)66-34-26-33-45(66)54(72)62(11)47(36-48(60)69)55(73)61(10)42(9)53(71)67(52(70)40(7)27-24-25-32-44(78-15)31-23-18-16-17-20-28-41(8)68)51(39(5)6)58(76)63(12)46(56(74)64(49)13)35-43-29-21-19-22-30-43/h16,18-19,21-22,24-25,27,29-30,37-39,41-42,44-47,49-51,68H,17,20,23,26,28,31-36H2,1-15H3,(H2,60,69). The molecule has 434 valence electrons. The van der Waals surface area contributed by atoms with Crippen molar-refractivity contribution in [3.8, 4) is 0 Å². The Hall–Kier alpha value is -6.21. The number of methoxy groups -OCH3 is 1. The molecule has 9 unspecified atom stereocenters. The van der Waals surface area contributed by atoms with Crippen molar-refractivity contribution in [2.45, 2.75) is 181 Å². The topological polar surface area (TPSA) is 232 Å². The summed E-state index contributed by atoms with van der Waals surface area (Å²) in [6, 6.07) is -0.275. The molecule has 78 heavy (non-hydrogen) atoms. The number of primary amides is 1. The average Bonchev–Trinajstić information content (AvgIpc) is 3.90. The van der Waals surface area contributed by atoms with Crippen LogP contribution in [0.5, 0.6) is 0 Å². The summed E-state index contributed by atoms with van der Waals surface area (Å²) in [6.45, 7) is 15.2. The fraction of sp³-hybridized carbons (Fsp3) is 0.644. The summed E-state index contributed by atoms with van der Waals surface area (Å²) in [7, 11) is 8.63. The molecule has 0 spiro atoms. The summed E-state index contributed by atoms with van der Waals surface area (Å²) in [4.78, 5) is 141. The molecule has 9 amide bonds. The van der Waals surface area contributed by atoms with Crippen LogP contribution in [-0.2, 0) is 54.3 Å². The first kappa shape index (κ1) is 66.1. The lowest BCUT2D eigenvalue weighted by Crippen LogP contribution is -2.63. The molecule has 19 heteroatoms. The van der Waals surface area contributed by atoms with Gasteiger partial charge in [-0.2, -0.15) is 0 Å². The van der Waals surface area contributed by atoms with Crippen molar-refractivity contribution in [1.82, 2.24) is 34.3 Å². The van der Waals surface area contributed by atoms with Crippen LogP contribution in [0.4, 0.5) is 0 Å². The number of ether oxygens (including phenoxy) is 1. The number of aliphatic hydroxyl groups excluding tert-OH is 1. The van der Waals surface area contributed by atoms with E-state index in [1.807, 2.05) is 12.1 Å². The van der Waals surface area contributed by atoms with Crippen molar-refractivity contribution in [2.75, 3.05) is 48.9 Å². The molecule has 0 bridgehead atoms. The fourth-order valence-corrected chi connectivity index (χ4v) is 10.5. The van der Waals surface area contributed by atoms with Crippen molar-refractivity contribution >= 4 is 53.2 Å². The molecule has 3 N–H and O–H groups in total. The molecule has 1 aromatic carbocycles. The first-order chi connectivity index (χ1) is 36.6. The number of hydrogen-bond acceptors (Lipinski definition) is 11. The highest BCUT2D eigenvalue weighted by Gasteiger charge is 2.48. The lowest BCUT2D eigenvalue weighted by molar-refractivity contribution is -0.162. The quantitative estimate of drug-likeness (QED) is 0.0831. The molecule has 0 radical (unpaired) electrons. The molecule has 2 heterocycles. The van der Waals surface area contributed by atoms with Crippen molar-refractivity contribution in [3.63, 3.8) is 0 Å². The Labute approximate surface area is 464 Å². The third-order valence-electron chi connectivity index (χ3n) is 15.3. The summed E-state index contributed by atoms with van der Waals surface area (Å²) >= 11 is 0. The second-order valence-electron chi connectivity index (χ2n) is 22.3. The van der Waals surface area contributed by atoms with Gasteiger partial charge in [-0.15, -0.1) is 0 Å². The minimum atomic E-state index is -1.57. The predicted molar refractivity (Wildman–Crippen MR) is 300 cm³/mol. The van der Waals surface area contributed by atoms with Gasteiger partial charge in [-0.05, 0) is 95.5 Å². The number of nitrogens with zero attached hydrogens (tertiary/aromatic N) is 7. The van der Waals surface area contributed by atoms with E-state index in [1.54, 1.807) is 85.9 Å². The minimum Gasteiger partial charge on any atom is -0.393 e.